The molecule has 0 saturated heterocycles. The predicted octanol–water partition coefficient (Wildman–Crippen LogP) is 5.99. The molecule has 0 amide bonds. The molecule has 0 radical (unpaired) electrons. The lowest BCUT2D eigenvalue weighted by Gasteiger charge is -2.10. The summed E-state index contributed by atoms with van der Waals surface area (Å²) in [5.74, 6) is 0.904. The van der Waals surface area contributed by atoms with E-state index in [1.807, 2.05) is 37.4 Å². The molecular weight excluding hydrogens is 473 g/mol. The van der Waals surface area contributed by atoms with Crippen molar-refractivity contribution >= 4 is 22.8 Å². The number of benzene rings is 2. The molecule has 0 fully saturated rings. The van der Waals surface area contributed by atoms with E-state index in [0.29, 0.717) is 23.6 Å². The van der Waals surface area contributed by atoms with Crippen LogP contribution in [-0.2, 0) is 19.8 Å². The van der Waals surface area contributed by atoms with Gasteiger partial charge in [0.1, 0.15) is 5.82 Å². The summed E-state index contributed by atoms with van der Waals surface area (Å²) in [6, 6.07) is 13.4. The van der Waals surface area contributed by atoms with E-state index < -0.39 is 11.9 Å². The van der Waals surface area contributed by atoms with Crippen molar-refractivity contribution in [3.05, 3.63) is 77.9 Å². The maximum Gasteiger partial charge on any atom is 0.434 e. The van der Waals surface area contributed by atoms with Crippen LogP contribution in [-0.4, -0.2) is 35.6 Å². The SMILES string of the molecule is CSc1cccc(C)c1-c1ncc2cnn(Cc3ccc(-c4nc(C(F)(F)F)cn4C)cc3)c2n1. The van der Waals surface area contributed by atoms with Gasteiger partial charge in [0.05, 0.1) is 18.1 Å². The minimum Gasteiger partial charge on any atom is -0.333 e. The van der Waals surface area contributed by atoms with Gasteiger partial charge in [-0.3, -0.25) is 0 Å². The summed E-state index contributed by atoms with van der Waals surface area (Å²) in [5.41, 5.74) is 3.45. The van der Waals surface area contributed by atoms with Crippen LogP contribution in [0.3, 0.4) is 0 Å². The Kier molecular flexibility index (Phi) is 5.84. The van der Waals surface area contributed by atoms with Crippen LogP contribution in [0.5, 0.6) is 0 Å². The van der Waals surface area contributed by atoms with Crippen molar-refractivity contribution in [3.8, 4) is 22.8 Å². The topological polar surface area (TPSA) is 61.4 Å². The number of nitrogens with zero attached hydrogens (tertiary/aromatic N) is 6. The lowest BCUT2D eigenvalue weighted by Crippen LogP contribution is -2.05. The van der Waals surface area contributed by atoms with E-state index >= 15 is 0 Å². The number of aromatic nitrogens is 6. The van der Waals surface area contributed by atoms with Crippen LogP contribution in [0.25, 0.3) is 33.8 Å². The second-order valence-corrected chi connectivity index (χ2v) is 9.03. The zero-order valence-electron chi connectivity index (χ0n) is 19.2. The van der Waals surface area contributed by atoms with E-state index in [1.54, 1.807) is 48.0 Å². The Labute approximate surface area is 203 Å². The molecule has 2 aromatic carbocycles. The second kappa shape index (κ2) is 8.84. The highest BCUT2D eigenvalue weighted by Crippen LogP contribution is 2.32. The van der Waals surface area contributed by atoms with Crippen LogP contribution in [0.2, 0.25) is 0 Å². The third-order valence-corrected chi connectivity index (χ3v) is 6.55. The molecule has 0 aliphatic carbocycles. The number of hydrogen-bond acceptors (Lipinski definition) is 5. The van der Waals surface area contributed by atoms with Crippen LogP contribution >= 0.6 is 11.8 Å². The van der Waals surface area contributed by atoms with Gasteiger partial charge in [-0.05, 0) is 30.4 Å². The van der Waals surface area contributed by atoms with Gasteiger partial charge in [-0.15, -0.1) is 11.8 Å². The fourth-order valence-electron chi connectivity index (χ4n) is 4.00. The van der Waals surface area contributed by atoms with Crippen molar-refractivity contribution in [2.24, 2.45) is 7.05 Å². The van der Waals surface area contributed by atoms with Gasteiger partial charge < -0.3 is 4.57 Å². The summed E-state index contributed by atoms with van der Waals surface area (Å²) < 4.78 is 42.2. The van der Waals surface area contributed by atoms with Crippen molar-refractivity contribution in [1.29, 1.82) is 0 Å². The zero-order chi connectivity index (χ0) is 24.7. The molecule has 35 heavy (non-hydrogen) atoms. The molecule has 0 saturated carbocycles. The Hall–Kier alpha value is -3.66. The molecule has 178 valence electrons. The Balaban J connectivity index is 1.45. The molecule has 3 heterocycles. The largest absolute Gasteiger partial charge is 0.434 e. The number of hydrogen-bond donors (Lipinski definition) is 0. The fourth-order valence-corrected chi connectivity index (χ4v) is 4.67. The monoisotopic (exact) mass is 494 g/mol. The Morgan fingerprint density at radius 1 is 1.00 bits per heavy atom. The van der Waals surface area contributed by atoms with E-state index in [9.17, 15) is 13.2 Å². The van der Waals surface area contributed by atoms with Gasteiger partial charge in [-0.25, -0.2) is 19.6 Å². The summed E-state index contributed by atoms with van der Waals surface area (Å²) in [7, 11) is 1.55. The normalized spacial score (nSPS) is 11.9. The van der Waals surface area contributed by atoms with E-state index in [-0.39, 0.29) is 5.82 Å². The minimum atomic E-state index is -4.48. The fraction of sp³-hybridized carbons (Fsp3) is 0.200. The molecule has 5 rings (SSSR count). The van der Waals surface area contributed by atoms with Gasteiger partial charge in [0.25, 0.3) is 0 Å². The third-order valence-electron chi connectivity index (χ3n) is 5.77. The highest BCUT2D eigenvalue weighted by atomic mass is 32.2. The van der Waals surface area contributed by atoms with Crippen LogP contribution in [0.15, 0.2) is 66.0 Å². The quantitative estimate of drug-likeness (QED) is 0.281. The van der Waals surface area contributed by atoms with Crippen molar-refractivity contribution in [2.45, 2.75) is 24.5 Å². The maximum atomic E-state index is 13.0. The number of thioether (sulfide) groups is 1. The third kappa shape index (κ3) is 4.41. The summed E-state index contributed by atoms with van der Waals surface area (Å²) in [6.45, 7) is 2.50. The predicted molar refractivity (Wildman–Crippen MR) is 130 cm³/mol. The zero-order valence-corrected chi connectivity index (χ0v) is 20.0. The molecular formula is C25H21F3N6S. The molecule has 0 aliphatic heterocycles. The van der Waals surface area contributed by atoms with E-state index in [2.05, 4.69) is 21.1 Å². The first kappa shape index (κ1) is 23.1. The first-order valence-electron chi connectivity index (χ1n) is 10.8. The van der Waals surface area contributed by atoms with Crippen LogP contribution in [0.4, 0.5) is 13.2 Å². The highest BCUT2D eigenvalue weighted by Gasteiger charge is 2.34. The lowest BCUT2D eigenvalue weighted by molar-refractivity contribution is -0.140. The number of halogens is 3. The van der Waals surface area contributed by atoms with Crippen LogP contribution in [0, 0.1) is 6.92 Å². The van der Waals surface area contributed by atoms with Gasteiger partial charge in [0.2, 0.25) is 0 Å². The van der Waals surface area contributed by atoms with Gasteiger partial charge in [-0.2, -0.15) is 18.3 Å². The van der Waals surface area contributed by atoms with Gasteiger partial charge in [-0.1, -0.05) is 36.4 Å². The van der Waals surface area contributed by atoms with Gasteiger partial charge in [0, 0.05) is 35.5 Å². The Morgan fingerprint density at radius 2 is 1.77 bits per heavy atom. The summed E-state index contributed by atoms with van der Waals surface area (Å²) in [5, 5.41) is 5.31. The molecule has 10 heteroatoms. The van der Waals surface area contributed by atoms with Crippen molar-refractivity contribution in [1.82, 2.24) is 29.3 Å². The molecule has 0 spiro atoms. The molecule has 0 bridgehead atoms. The Morgan fingerprint density at radius 3 is 2.46 bits per heavy atom. The second-order valence-electron chi connectivity index (χ2n) is 8.18. The first-order valence-corrected chi connectivity index (χ1v) is 12.0. The maximum absolute atomic E-state index is 13.0. The van der Waals surface area contributed by atoms with Crippen molar-refractivity contribution in [3.63, 3.8) is 0 Å². The van der Waals surface area contributed by atoms with E-state index in [1.165, 1.54) is 4.57 Å². The number of aryl methyl sites for hydroxylation is 2. The smallest absolute Gasteiger partial charge is 0.333 e. The summed E-state index contributed by atoms with van der Waals surface area (Å²) in [6.07, 6.45) is 2.05. The Bertz CT molecular complexity index is 1520. The van der Waals surface area contributed by atoms with Crippen molar-refractivity contribution in [2.75, 3.05) is 6.26 Å². The van der Waals surface area contributed by atoms with Crippen LogP contribution in [0.1, 0.15) is 16.8 Å². The summed E-state index contributed by atoms with van der Waals surface area (Å²) in [4.78, 5) is 14.3. The molecule has 5 aromatic rings. The standard InChI is InChI=1S/C25H21F3N6S/c1-15-5-4-6-19(35-3)21(15)22-29-11-18-12-30-34(24(18)32-22)13-16-7-9-17(10-8-16)23-31-20(14-33(23)2)25(26,27)28/h4-12,14H,13H2,1-3H3. The average molecular weight is 495 g/mol. The molecule has 3 aromatic heterocycles. The lowest BCUT2D eigenvalue weighted by atomic mass is 10.1. The molecule has 0 unspecified atom stereocenters. The van der Waals surface area contributed by atoms with Gasteiger partial charge in [0.15, 0.2) is 17.2 Å². The van der Waals surface area contributed by atoms with E-state index in [0.717, 1.165) is 33.2 Å². The molecule has 0 aliphatic rings. The number of imidazole rings is 1. The van der Waals surface area contributed by atoms with Crippen LogP contribution < -0.4 is 0 Å². The number of alkyl halides is 3. The molecule has 0 N–H and O–H groups in total. The van der Waals surface area contributed by atoms with E-state index in [4.69, 9.17) is 4.98 Å². The van der Waals surface area contributed by atoms with Crippen molar-refractivity contribution < 1.29 is 13.2 Å². The molecule has 0 atom stereocenters. The average Bonchev–Trinajstić information content (AvgIpc) is 3.42. The summed E-state index contributed by atoms with van der Waals surface area (Å²) >= 11 is 1.65. The molecule has 6 nitrogen and oxygen atoms in total. The minimum absolute atomic E-state index is 0.258. The van der Waals surface area contributed by atoms with Gasteiger partial charge >= 0.3 is 6.18 Å². The first-order chi connectivity index (χ1) is 16.7. The highest BCUT2D eigenvalue weighted by molar-refractivity contribution is 7.98. The number of rotatable bonds is 5. The number of fused-ring (bicyclic) bond motifs is 1.